The van der Waals surface area contributed by atoms with Crippen LogP contribution in [-0.2, 0) is 14.8 Å². The van der Waals surface area contributed by atoms with E-state index >= 15 is 0 Å². The molecular formula is C22H26ClN3O3S. The van der Waals surface area contributed by atoms with Crippen LogP contribution in [0.25, 0.3) is 0 Å². The number of hydrogen-bond donors (Lipinski definition) is 0. The molecule has 0 spiro atoms. The van der Waals surface area contributed by atoms with Gasteiger partial charge in [-0.3, -0.25) is 9.69 Å². The highest BCUT2D eigenvalue weighted by atomic mass is 35.5. The van der Waals surface area contributed by atoms with Gasteiger partial charge in [-0.25, -0.2) is 8.42 Å². The lowest BCUT2D eigenvalue weighted by molar-refractivity contribution is -0.136. The van der Waals surface area contributed by atoms with Gasteiger partial charge in [0.15, 0.2) is 0 Å². The van der Waals surface area contributed by atoms with Crippen LogP contribution < -0.4 is 0 Å². The molecule has 4 rings (SSSR count). The minimum absolute atomic E-state index is 0.112. The van der Waals surface area contributed by atoms with Gasteiger partial charge in [0.1, 0.15) is 10.9 Å². The van der Waals surface area contributed by atoms with Crippen molar-refractivity contribution in [3.05, 3.63) is 65.2 Å². The largest absolute Gasteiger partial charge is 0.341 e. The molecule has 2 aromatic carbocycles. The van der Waals surface area contributed by atoms with Crippen molar-refractivity contribution < 1.29 is 13.2 Å². The highest BCUT2D eigenvalue weighted by molar-refractivity contribution is 7.89. The number of carbonyl (C=O) groups is 1. The van der Waals surface area contributed by atoms with E-state index in [0.717, 1.165) is 31.5 Å². The van der Waals surface area contributed by atoms with E-state index < -0.39 is 10.0 Å². The van der Waals surface area contributed by atoms with E-state index in [4.69, 9.17) is 11.6 Å². The lowest BCUT2D eigenvalue weighted by Crippen LogP contribution is -2.52. The number of halogens is 1. The maximum absolute atomic E-state index is 13.3. The highest BCUT2D eigenvalue weighted by Gasteiger charge is 2.37. The van der Waals surface area contributed by atoms with E-state index in [1.807, 2.05) is 35.2 Å². The van der Waals surface area contributed by atoms with Crippen molar-refractivity contribution in [3.63, 3.8) is 0 Å². The Labute approximate surface area is 183 Å². The predicted molar refractivity (Wildman–Crippen MR) is 117 cm³/mol. The van der Waals surface area contributed by atoms with Crippen LogP contribution in [0.4, 0.5) is 0 Å². The Morgan fingerprint density at radius 2 is 1.43 bits per heavy atom. The first-order valence-electron chi connectivity index (χ1n) is 10.3. The summed E-state index contributed by atoms with van der Waals surface area (Å²) in [6, 6.07) is 15.9. The molecule has 1 amide bonds. The second-order valence-electron chi connectivity index (χ2n) is 7.72. The van der Waals surface area contributed by atoms with Crippen molar-refractivity contribution in [1.29, 1.82) is 0 Å². The molecule has 0 bridgehead atoms. The van der Waals surface area contributed by atoms with Gasteiger partial charge in [-0.1, -0.05) is 54.1 Å². The minimum atomic E-state index is -3.66. The van der Waals surface area contributed by atoms with Crippen LogP contribution in [0, 0.1) is 0 Å². The first-order chi connectivity index (χ1) is 14.5. The van der Waals surface area contributed by atoms with E-state index in [0.29, 0.717) is 26.2 Å². The Kier molecular flexibility index (Phi) is 6.43. The molecule has 1 unspecified atom stereocenters. The van der Waals surface area contributed by atoms with Crippen LogP contribution >= 0.6 is 11.6 Å². The molecule has 2 saturated heterocycles. The van der Waals surface area contributed by atoms with Gasteiger partial charge in [0.25, 0.3) is 0 Å². The first kappa shape index (κ1) is 21.3. The van der Waals surface area contributed by atoms with Gasteiger partial charge in [-0.05, 0) is 30.5 Å². The molecule has 0 N–H and O–H groups in total. The second kappa shape index (κ2) is 9.06. The minimum Gasteiger partial charge on any atom is -0.341 e. The fourth-order valence-corrected chi connectivity index (χ4v) is 6.17. The lowest BCUT2D eigenvalue weighted by atomic mass is 10.0. The van der Waals surface area contributed by atoms with Crippen molar-refractivity contribution in [2.24, 2.45) is 0 Å². The van der Waals surface area contributed by atoms with Gasteiger partial charge in [0.05, 0.1) is 5.02 Å². The average Bonchev–Trinajstić information content (AvgIpc) is 3.30. The topological polar surface area (TPSA) is 60.9 Å². The van der Waals surface area contributed by atoms with E-state index in [9.17, 15) is 13.2 Å². The number of amides is 1. The fourth-order valence-electron chi connectivity index (χ4n) is 4.25. The number of rotatable bonds is 5. The Morgan fingerprint density at radius 1 is 0.833 bits per heavy atom. The number of piperazine rings is 1. The van der Waals surface area contributed by atoms with Crippen LogP contribution in [0.2, 0.25) is 5.02 Å². The fraction of sp³-hybridized carbons (Fsp3) is 0.409. The first-order valence-corrected chi connectivity index (χ1v) is 12.1. The zero-order chi connectivity index (χ0) is 21.1. The molecule has 0 saturated carbocycles. The maximum atomic E-state index is 13.3. The van der Waals surface area contributed by atoms with E-state index in [-0.39, 0.29) is 21.9 Å². The van der Waals surface area contributed by atoms with Gasteiger partial charge < -0.3 is 4.90 Å². The molecule has 0 radical (unpaired) electrons. The SMILES string of the molecule is O=C(C(c1ccccc1)N1CCN(S(=O)(=O)c2ccccc2Cl)CC1)N1CCCC1. The van der Waals surface area contributed by atoms with Gasteiger partial charge in [0, 0.05) is 39.3 Å². The summed E-state index contributed by atoms with van der Waals surface area (Å²) in [5.41, 5.74) is 0.955. The summed E-state index contributed by atoms with van der Waals surface area (Å²) in [6.07, 6.45) is 2.08. The molecule has 1 atom stereocenters. The van der Waals surface area contributed by atoms with Gasteiger partial charge in [0.2, 0.25) is 15.9 Å². The third-order valence-electron chi connectivity index (χ3n) is 5.86. The molecule has 2 fully saturated rings. The molecule has 2 aliphatic heterocycles. The number of likely N-dealkylation sites (tertiary alicyclic amines) is 1. The number of carbonyl (C=O) groups excluding carboxylic acids is 1. The molecule has 30 heavy (non-hydrogen) atoms. The van der Waals surface area contributed by atoms with Crippen LogP contribution in [0.5, 0.6) is 0 Å². The Bertz CT molecular complexity index is 986. The molecule has 2 aliphatic rings. The van der Waals surface area contributed by atoms with Crippen molar-refractivity contribution >= 4 is 27.5 Å². The van der Waals surface area contributed by atoms with Crippen LogP contribution in [0.15, 0.2) is 59.5 Å². The summed E-state index contributed by atoms with van der Waals surface area (Å²) in [5, 5.41) is 0.228. The Balaban J connectivity index is 1.53. The monoisotopic (exact) mass is 447 g/mol. The maximum Gasteiger partial charge on any atom is 0.244 e. The summed E-state index contributed by atoms with van der Waals surface area (Å²) in [6.45, 7) is 3.21. The van der Waals surface area contributed by atoms with Crippen molar-refractivity contribution in [1.82, 2.24) is 14.1 Å². The summed E-state index contributed by atoms with van der Waals surface area (Å²) >= 11 is 6.13. The molecule has 160 valence electrons. The third kappa shape index (κ3) is 4.25. The highest BCUT2D eigenvalue weighted by Crippen LogP contribution is 2.29. The molecular weight excluding hydrogens is 422 g/mol. The summed E-state index contributed by atoms with van der Waals surface area (Å²) in [7, 11) is -3.66. The third-order valence-corrected chi connectivity index (χ3v) is 8.26. The van der Waals surface area contributed by atoms with Crippen molar-refractivity contribution in [3.8, 4) is 0 Å². The van der Waals surface area contributed by atoms with Gasteiger partial charge in [-0.2, -0.15) is 4.31 Å². The second-order valence-corrected chi connectivity index (χ2v) is 10.0. The Hall–Kier alpha value is -1.93. The summed E-state index contributed by atoms with van der Waals surface area (Å²) in [4.78, 5) is 17.5. The zero-order valence-electron chi connectivity index (χ0n) is 16.8. The number of nitrogens with zero attached hydrogens (tertiary/aromatic N) is 3. The molecule has 6 nitrogen and oxygen atoms in total. The van der Waals surface area contributed by atoms with Crippen LogP contribution in [0.3, 0.4) is 0 Å². The van der Waals surface area contributed by atoms with E-state index in [2.05, 4.69) is 4.90 Å². The molecule has 0 aliphatic carbocycles. The van der Waals surface area contributed by atoms with Gasteiger partial charge >= 0.3 is 0 Å². The van der Waals surface area contributed by atoms with Crippen molar-refractivity contribution in [2.45, 2.75) is 23.8 Å². The smallest absolute Gasteiger partial charge is 0.244 e. The normalized spacial score (nSPS) is 19.7. The Morgan fingerprint density at radius 3 is 2.07 bits per heavy atom. The standard InChI is InChI=1S/C22H26ClN3O3S/c23-19-10-4-5-11-20(19)30(28,29)26-16-14-24(15-17-26)21(18-8-2-1-3-9-18)22(27)25-12-6-7-13-25/h1-5,8-11,21H,6-7,12-17H2. The lowest BCUT2D eigenvalue weighted by Gasteiger charge is -2.39. The number of sulfonamides is 1. The average molecular weight is 448 g/mol. The van der Waals surface area contributed by atoms with Gasteiger partial charge in [-0.15, -0.1) is 0 Å². The molecule has 2 heterocycles. The predicted octanol–water partition coefficient (Wildman–Crippen LogP) is 3.01. The summed E-state index contributed by atoms with van der Waals surface area (Å²) in [5.74, 6) is 0.112. The zero-order valence-corrected chi connectivity index (χ0v) is 18.4. The summed E-state index contributed by atoms with van der Waals surface area (Å²) < 4.78 is 27.6. The number of hydrogen-bond acceptors (Lipinski definition) is 4. The molecule has 2 aromatic rings. The van der Waals surface area contributed by atoms with E-state index in [1.165, 1.54) is 10.4 Å². The van der Waals surface area contributed by atoms with Crippen molar-refractivity contribution in [2.75, 3.05) is 39.3 Å². The number of benzene rings is 2. The van der Waals surface area contributed by atoms with Crippen LogP contribution in [-0.4, -0.2) is 67.7 Å². The molecule has 8 heteroatoms. The quantitative estimate of drug-likeness (QED) is 0.706. The molecule has 0 aromatic heterocycles. The van der Waals surface area contributed by atoms with Crippen LogP contribution in [0.1, 0.15) is 24.4 Å². The van der Waals surface area contributed by atoms with E-state index in [1.54, 1.807) is 18.2 Å².